The van der Waals surface area contributed by atoms with Gasteiger partial charge in [0, 0.05) is 5.92 Å². The summed E-state index contributed by atoms with van der Waals surface area (Å²) >= 11 is 0. The van der Waals surface area contributed by atoms with Crippen molar-refractivity contribution in [2.75, 3.05) is 0 Å². The molecule has 2 heterocycles. The normalized spacial score (nSPS) is 63.0. The second-order valence-corrected chi connectivity index (χ2v) is 6.22. The molecule has 0 N–H and O–H groups in total. The summed E-state index contributed by atoms with van der Waals surface area (Å²) in [5, 5.41) is 9.29. The van der Waals surface area contributed by atoms with E-state index in [1.54, 1.807) is 0 Å². The Labute approximate surface area is 95.5 Å². The third kappa shape index (κ3) is 0.732. The summed E-state index contributed by atoms with van der Waals surface area (Å²) in [7, 11) is 0. The molecule has 0 radical (unpaired) electrons. The monoisotopic (exact) mass is 212 g/mol. The zero-order valence-corrected chi connectivity index (χ0v) is 9.24. The molecule has 0 aromatic rings. The van der Waals surface area contributed by atoms with Gasteiger partial charge in [-0.05, 0) is 42.4 Å². The zero-order chi connectivity index (χ0) is 10.3. The molecule has 16 heavy (non-hydrogen) atoms. The summed E-state index contributed by atoms with van der Waals surface area (Å²) in [6.45, 7) is 0. The molecule has 2 fully saturated rings. The van der Waals surface area contributed by atoms with Crippen LogP contribution in [0.25, 0.3) is 0 Å². The minimum Gasteiger partial charge on any atom is -0.190 e. The first kappa shape index (κ1) is 8.21. The molecule has 8 atom stereocenters. The molecule has 2 saturated carbocycles. The van der Waals surface area contributed by atoms with Crippen LogP contribution in [0.1, 0.15) is 12.8 Å². The van der Waals surface area contributed by atoms with E-state index in [1.165, 1.54) is 12.8 Å². The van der Waals surface area contributed by atoms with Crippen molar-refractivity contribution in [3.05, 3.63) is 24.3 Å². The van der Waals surface area contributed by atoms with Gasteiger partial charge in [0.1, 0.15) is 0 Å². The predicted molar refractivity (Wildman–Crippen MR) is 60.9 cm³/mol. The summed E-state index contributed by atoms with van der Waals surface area (Å²) in [6, 6.07) is 1.08. The Balaban J connectivity index is 1.67. The fourth-order valence-corrected chi connectivity index (χ4v) is 5.30. The van der Waals surface area contributed by atoms with Crippen molar-refractivity contribution in [2.24, 2.45) is 45.7 Å². The predicted octanol–water partition coefficient (Wildman–Crippen LogP) is 2.83. The lowest BCUT2D eigenvalue weighted by Gasteiger charge is -2.50. The maximum atomic E-state index is 4.65. The quantitative estimate of drug-likeness (QED) is 0.552. The fourth-order valence-electron chi connectivity index (χ4n) is 5.30. The van der Waals surface area contributed by atoms with Gasteiger partial charge >= 0.3 is 0 Å². The summed E-state index contributed by atoms with van der Waals surface area (Å²) in [5.74, 6) is 4.88. The SMILES string of the molecule is C1=C[C@@H]2[C@H](C1)[C@H]1N=N[C@H]2[C@@H]2[C@H]1[C@H]1C=C[C@H]2C1. The molecule has 4 aliphatic carbocycles. The van der Waals surface area contributed by atoms with Crippen LogP contribution in [0, 0.1) is 35.5 Å². The first-order valence-corrected chi connectivity index (χ1v) is 6.68. The topological polar surface area (TPSA) is 24.7 Å². The highest BCUT2D eigenvalue weighted by Gasteiger charge is 2.61. The van der Waals surface area contributed by atoms with Gasteiger partial charge in [-0.15, -0.1) is 0 Å². The molecule has 0 amide bonds. The number of azo groups is 1. The Kier molecular flexibility index (Phi) is 1.28. The number of hydrogen-bond acceptors (Lipinski definition) is 2. The minimum atomic E-state index is 0.527. The smallest absolute Gasteiger partial charge is 0.0811 e. The standard InChI is InChI=1S/C14H16N2/c1-2-9-10(3-1)14-12-8-5-4-7(6-8)11(12)13(9)15-16-14/h1-2,4-5,7-14H,3,6H2/t7-,8-,9+,10-,11-,12+,13+,14+/m0/s1. The van der Waals surface area contributed by atoms with Crippen molar-refractivity contribution in [3.8, 4) is 0 Å². The first-order chi connectivity index (χ1) is 7.93. The second kappa shape index (κ2) is 2.49. The van der Waals surface area contributed by atoms with Crippen molar-refractivity contribution in [1.29, 1.82) is 0 Å². The first-order valence-electron chi connectivity index (χ1n) is 6.68. The van der Waals surface area contributed by atoms with Gasteiger partial charge in [-0.25, -0.2) is 0 Å². The van der Waals surface area contributed by atoms with E-state index >= 15 is 0 Å². The van der Waals surface area contributed by atoms with Gasteiger partial charge in [0.2, 0.25) is 0 Å². The van der Waals surface area contributed by atoms with Crippen LogP contribution >= 0.6 is 0 Å². The van der Waals surface area contributed by atoms with Crippen LogP contribution in [0.5, 0.6) is 0 Å². The molecule has 0 saturated heterocycles. The lowest BCUT2D eigenvalue weighted by Crippen LogP contribution is -2.53. The molecule has 2 heteroatoms. The highest BCUT2D eigenvalue weighted by molar-refractivity contribution is 5.26. The van der Waals surface area contributed by atoms with E-state index < -0.39 is 0 Å². The molecule has 4 bridgehead atoms. The maximum Gasteiger partial charge on any atom is 0.0811 e. The molecule has 0 aromatic carbocycles. The molecule has 0 aromatic heterocycles. The van der Waals surface area contributed by atoms with Gasteiger partial charge < -0.3 is 0 Å². The van der Waals surface area contributed by atoms with Crippen LogP contribution in [-0.2, 0) is 0 Å². The molecule has 0 spiro atoms. The Morgan fingerprint density at radius 3 is 2.50 bits per heavy atom. The molecule has 6 aliphatic rings. The van der Waals surface area contributed by atoms with Gasteiger partial charge in [0.05, 0.1) is 12.1 Å². The number of allylic oxidation sites excluding steroid dienone is 3. The molecule has 0 unspecified atom stereocenters. The third-order valence-corrected chi connectivity index (χ3v) is 5.80. The third-order valence-electron chi connectivity index (χ3n) is 5.80. The average Bonchev–Trinajstić information content (AvgIpc) is 3.05. The number of hydrogen-bond donors (Lipinski definition) is 0. The molecular weight excluding hydrogens is 196 g/mol. The summed E-state index contributed by atoms with van der Waals surface area (Å²) in [5.41, 5.74) is 0. The Morgan fingerprint density at radius 1 is 0.875 bits per heavy atom. The Bertz CT molecular complexity index is 436. The molecule has 6 rings (SSSR count). The largest absolute Gasteiger partial charge is 0.190 e. The molecule has 82 valence electrons. The minimum absolute atomic E-state index is 0.527. The Morgan fingerprint density at radius 2 is 1.62 bits per heavy atom. The zero-order valence-electron chi connectivity index (χ0n) is 9.24. The average molecular weight is 212 g/mol. The van der Waals surface area contributed by atoms with E-state index in [4.69, 9.17) is 0 Å². The summed E-state index contributed by atoms with van der Waals surface area (Å²) < 4.78 is 0. The van der Waals surface area contributed by atoms with Gasteiger partial charge in [0.25, 0.3) is 0 Å². The van der Waals surface area contributed by atoms with E-state index in [0.29, 0.717) is 12.1 Å². The maximum absolute atomic E-state index is 4.65. The highest BCUT2D eigenvalue weighted by atomic mass is 15.2. The summed E-state index contributed by atoms with van der Waals surface area (Å²) in [6.07, 6.45) is 12.4. The Hall–Kier alpha value is -0.920. The van der Waals surface area contributed by atoms with Crippen LogP contribution < -0.4 is 0 Å². The van der Waals surface area contributed by atoms with Crippen LogP contribution in [0.15, 0.2) is 34.5 Å². The molecule has 2 aliphatic heterocycles. The van der Waals surface area contributed by atoms with Crippen LogP contribution in [0.4, 0.5) is 0 Å². The van der Waals surface area contributed by atoms with Crippen molar-refractivity contribution in [2.45, 2.75) is 24.9 Å². The summed E-state index contributed by atoms with van der Waals surface area (Å²) in [4.78, 5) is 0. The van der Waals surface area contributed by atoms with Crippen molar-refractivity contribution in [3.63, 3.8) is 0 Å². The van der Waals surface area contributed by atoms with Crippen molar-refractivity contribution < 1.29 is 0 Å². The van der Waals surface area contributed by atoms with E-state index in [-0.39, 0.29) is 0 Å². The van der Waals surface area contributed by atoms with Crippen LogP contribution in [0.2, 0.25) is 0 Å². The van der Waals surface area contributed by atoms with Gasteiger partial charge in [0.15, 0.2) is 0 Å². The van der Waals surface area contributed by atoms with Crippen molar-refractivity contribution >= 4 is 0 Å². The lowest BCUT2D eigenvalue weighted by molar-refractivity contribution is 0.0468. The van der Waals surface area contributed by atoms with E-state index in [2.05, 4.69) is 34.5 Å². The number of rotatable bonds is 0. The van der Waals surface area contributed by atoms with Crippen LogP contribution in [0.3, 0.4) is 0 Å². The van der Waals surface area contributed by atoms with E-state index in [0.717, 1.165) is 35.5 Å². The van der Waals surface area contributed by atoms with Crippen LogP contribution in [-0.4, -0.2) is 12.1 Å². The molecular formula is C14H16N2. The van der Waals surface area contributed by atoms with Gasteiger partial charge in [-0.3, -0.25) is 0 Å². The van der Waals surface area contributed by atoms with Gasteiger partial charge in [-0.2, -0.15) is 10.2 Å². The second-order valence-electron chi connectivity index (χ2n) is 6.22. The molecule has 2 nitrogen and oxygen atoms in total. The van der Waals surface area contributed by atoms with E-state index in [1.807, 2.05) is 0 Å². The van der Waals surface area contributed by atoms with E-state index in [9.17, 15) is 0 Å². The number of nitrogens with zero attached hydrogens (tertiary/aromatic N) is 2. The van der Waals surface area contributed by atoms with Gasteiger partial charge in [-0.1, -0.05) is 24.3 Å². The number of fused-ring (bicyclic) bond motifs is 2. The fraction of sp³-hybridized carbons (Fsp3) is 0.714. The highest BCUT2D eigenvalue weighted by Crippen LogP contribution is 2.61. The lowest BCUT2D eigenvalue weighted by atomic mass is 9.60. The van der Waals surface area contributed by atoms with Crippen molar-refractivity contribution in [1.82, 2.24) is 0 Å².